The molecule has 1 heterocycles. The van der Waals surface area contributed by atoms with Crippen LogP contribution in [0.3, 0.4) is 0 Å². The Morgan fingerprint density at radius 2 is 2.00 bits per heavy atom. The Hall–Kier alpha value is -2.53. The molecule has 0 radical (unpaired) electrons. The van der Waals surface area contributed by atoms with Gasteiger partial charge in [0, 0.05) is 18.7 Å². The number of ether oxygens (including phenoxy) is 1. The van der Waals surface area contributed by atoms with Crippen molar-refractivity contribution in [1.29, 1.82) is 0 Å². The number of aryl methyl sites for hydroxylation is 1. The number of rotatable bonds is 8. The normalized spacial score (nSPS) is 11.7. The summed E-state index contributed by atoms with van der Waals surface area (Å²) in [4.78, 5) is 4.41. The Morgan fingerprint density at radius 1 is 1.29 bits per heavy atom. The average molecular weight is 468 g/mol. The van der Waals surface area contributed by atoms with Crippen molar-refractivity contribution in [3.05, 3.63) is 59.9 Å². The lowest BCUT2D eigenvalue weighted by molar-refractivity contribution is 0.348. The highest BCUT2D eigenvalue weighted by Crippen LogP contribution is 2.29. The Balaban J connectivity index is 0.000000262. The third-order valence-electron chi connectivity index (χ3n) is 4.05. The zero-order valence-electron chi connectivity index (χ0n) is 17.3. The minimum Gasteiger partial charge on any atom is -0.489 e. The highest BCUT2D eigenvalue weighted by atomic mass is 32.2. The third kappa shape index (κ3) is 7.91. The fourth-order valence-electron chi connectivity index (χ4n) is 2.32. The van der Waals surface area contributed by atoms with Gasteiger partial charge in [0.25, 0.3) is 10.1 Å². The van der Waals surface area contributed by atoms with Crippen LogP contribution < -0.4 is 15.8 Å². The van der Waals surface area contributed by atoms with E-state index in [1.807, 2.05) is 25.1 Å². The predicted octanol–water partition coefficient (Wildman–Crippen LogP) is 4.55. The summed E-state index contributed by atoms with van der Waals surface area (Å²) in [6, 6.07) is 11.6. The molecule has 2 aromatic carbocycles. The maximum atomic E-state index is 12.4. The fraction of sp³-hybridized carbons (Fsp3) is 0.286. The van der Waals surface area contributed by atoms with Crippen LogP contribution in [0.2, 0.25) is 0 Å². The molecule has 0 aliphatic heterocycles. The van der Waals surface area contributed by atoms with Gasteiger partial charge < -0.3 is 15.8 Å². The fourth-order valence-corrected chi connectivity index (χ4v) is 3.72. The van der Waals surface area contributed by atoms with Crippen molar-refractivity contribution in [3.63, 3.8) is 0 Å². The zero-order valence-corrected chi connectivity index (χ0v) is 19.0. The highest BCUT2D eigenvalue weighted by Gasteiger charge is 2.07. The molecule has 0 aliphatic carbocycles. The van der Waals surface area contributed by atoms with E-state index < -0.39 is 10.1 Å². The second-order valence-electron chi connectivity index (χ2n) is 6.62. The molecular weight excluding hydrogens is 441 g/mol. The topological polar surface area (TPSA) is 115 Å². The molecule has 0 amide bonds. The number of anilines is 1. The summed E-state index contributed by atoms with van der Waals surface area (Å²) in [6.45, 7) is 5.18. The van der Waals surface area contributed by atoms with Crippen LogP contribution in [-0.4, -0.2) is 37.7 Å². The Bertz CT molecular complexity index is 1110. The molecule has 1 aromatic heterocycles. The zero-order chi connectivity index (χ0) is 22.9. The summed E-state index contributed by atoms with van der Waals surface area (Å²) in [7, 11) is -4.02. The van der Waals surface area contributed by atoms with Crippen LogP contribution in [0.25, 0.3) is 10.2 Å². The van der Waals surface area contributed by atoms with Gasteiger partial charge in [0.1, 0.15) is 12.4 Å². The van der Waals surface area contributed by atoms with Crippen molar-refractivity contribution in [2.75, 3.05) is 25.0 Å². The van der Waals surface area contributed by atoms with E-state index in [9.17, 15) is 12.8 Å². The monoisotopic (exact) mass is 467 g/mol. The van der Waals surface area contributed by atoms with Gasteiger partial charge in [-0.1, -0.05) is 36.0 Å². The average Bonchev–Trinajstić information content (AvgIpc) is 3.15. The number of nitrogens with one attached hydrogen (secondary N) is 1. The van der Waals surface area contributed by atoms with Gasteiger partial charge in [0.15, 0.2) is 5.13 Å². The molecule has 0 unspecified atom stereocenters. The standard InChI is InChI=1S/C14H18FN3OS.C7H8O3S/c1-2-5-17-14-18-12-4-3-11(6-13(12)20-14)19-9-10(7-15)8-16;1-6-2-4-7(5-3-6)11(8,9)10/h3-4,6-7H,2,5,8-9,16H2,1H3,(H,17,18);2-5H,1H3,(H,8,9,10). The predicted molar refractivity (Wildman–Crippen MR) is 123 cm³/mol. The first-order valence-electron chi connectivity index (χ1n) is 9.56. The maximum Gasteiger partial charge on any atom is 0.294 e. The number of hydrogen-bond donors (Lipinski definition) is 3. The highest BCUT2D eigenvalue weighted by molar-refractivity contribution is 7.85. The number of fused-ring (bicyclic) bond motifs is 1. The molecule has 168 valence electrons. The molecule has 0 aliphatic rings. The van der Waals surface area contributed by atoms with Gasteiger partial charge in [-0.3, -0.25) is 4.55 Å². The maximum absolute atomic E-state index is 12.4. The summed E-state index contributed by atoms with van der Waals surface area (Å²) in [5, 5.41) is 4.17. The van der Waals surface area contributed by atoms with Crippen molar-refractivity contribution in [3.8, 4) is 5.75 Å². The minimum absolute atomic E-state index is 0.0666. The van der Waals surface area contributed by atoms with Crippen molar-refractivity contribution >= 4 is 36.8 Å². The molecule has 4 N–H and O–H groups in total. The molecule has 0 spiro atoms. The van der Waals surface area contributed by atoms with E-state index >= 15 is 0 Å². The van der Waals surface area contributed by atoms with E-state index in [-0.39, 0.29) is 18.0 Å². The first kappa shape index (κ1) is 24.7. The van der Waals surface area contributed by atoms with Crippen molar-refractivity contribution in [2.45, 2.75) is 25.2 Å². The lowest BCUT2D eigenvalue weighted by Crippen LogP contribution is -2.10. The second-order valence-corrected chi connectivity index (χ2v) is 9.08. The summed E-state index contributed by atoms with van der Waals surface area (Å²) >= 11 is 1.58. The number of halogens is 1. The SMILES string of the molecule is CCCNc1nc2ccc(OCC(=CF)CN)cc2s1.Cc1ccc(S(=O)(=O)O)cc1. The minimum atomic E-state index is -4.02. The van der Waals surface area contributed by atoms with Crippen LogP contribution >= 0.6 is 11.3 Å². The molecular formula is C21H26FN3O4S2. The van der Waals surface area contributed by atoms with Crippen molar-refractivity contribution in [1.82, 2.24) is 4.98 Å². The summed E-state index contributed by atoms with van der Waals surface area (Å²) in [5.74, 6) is 0.691. The first-order chi connectivity index (χ1) is 14.8. The van der Waals surface area contributed by atoms with Crippen LogP contribution in [0.5, 0.6) is 5.75 Å². The molecule has 0 fully saturated rings. The van der Waals surface area contributed by atoms with Crippen molar-refractivity contribution in [2.24, 2.45) is 5.73 Å². The number of nitrogens with zero attached hydrogens (tertiary/aromatic N) is 1. The van der Waals surface area contributed by atoms with Crippen molar-refractivity contribution < 1.29 is 22.1 Å². The smallest absolute Gasteiger partial charge is 0.294 e. The van der Waals surface area contributed by atoms with Gasteiger partial charge in [-0.15, -0.1) is 0 Å². The molecule has 0 bridgehead atoms. The van der Waals surface area contributed by atoms with Gasteiger partial charge >= 0.3 is 0 Å². The lowest BCUT2D eigenvalue weighted by atomic mass is 10.2. The first-order valence-corrected chi connectivity index (χ1v) is 11.8. The van der Waals surface area contributed by atoms with E-state index in [2.05, 4.69) is 17.2 Å². The van der Waals surface area contributed by atoms with Crippen LogP contribution in [0, 0.1) is 6.92 Å². The van der Waals surface area contributed by atoms with Crippen LogP contribution in [0.15, 0.2) is 59.3 Å². The number of hydrogen-bond acceptors (Lipinski definition) is 7. The molecule has 3 aromatic rings. The number of thiazole rings is 1. The van der Waals surface area contributed by atoms with E-state index in [1.165, 1.54) is 12.1 Å². The van der Waals surface area contributed by atoms with E-state index in [0.29, 0.717) is 17.7 Å². The van der Waals surface area contributed by atoms with E-state index in [4.69, 9.17) is 15.0 Å². The molecule has 0 atom stereocenters. The van der Waals surface area contributed by atoms with Crippen LogP contribution in [-0.2, 0) is 10.1 Å². The number of aromatic nitrogens is 1. The van der Waals surface area contributed by atoms with Crippen LogP contribution in [0.1, 0.15) is 18.9 Å². The Morgan fingerprint density at radius 3 is 2.58 bits per heavy atom. The van der Waals surface area contributed by atoms with Gasteiger partial charge in [-0.05, 0) is 43.7 Å². The van der Waals surface area contributed by atoms with Gasteiger partial charge in [0.05, 0.1) is 21.4 Å². The molecule has 3 rings (SSSR count). The summed E-state index contributed by atoms with van der Waals surface area (Å²) < 4.78 is 48.5. The summed E-state index contributed by atoms with van der Waals surface area (Å²) in [6.07, 6.45) is 1.56. The molecule has 31 heavy (non-hydrogen) atoms. The van der Waals surface area contributed by atoms with Gasteiger partial charge in [-0.25, -0.2) is 9.37 Å². The molecule has 0 saturated heterocycles. The molecule has 0 saturated carbocycles. The largest absolute Gasteiger partial charge is 0.489 e. The van der Waals surface area contributed by atoms with Gasteiger partial charge in [0.2, 0.25) is 0 Å². The Kier molecular flexibility index (Phi) is 9.38. The van der Waals surface area contributed by atoms with E-state index in [1.54, 1.807) is 23.5 Å². The van der Waals surface area contributed by atoms with E-state index in [0.717, 1.165) is 33.9 Å². The lowest BCUT2D eigenvalue weighted by Gasteiger charge is -2.06. The summed E-state index contributed by atoms with van der Waals surface area (Å²) in [5.41, 5.74) is 7.70. The van der Waals surface area contributed by atoms with Crippen LogP contribution in [0.4, 0.5) is 9.52 Å². The third-order valence-corrected chi connectivity index (χ3v) is 5.89. The number of nitrogens with two attached hydrogens (primary N) is 1. The number of benzene rings is 2. The molecule has 10 heteroatoms. The second kappa shape index (κ2) is 11.8. The molecule has 7 nitrogen and oxygen atoms in total. The van der Waals surface area contributed by atoms with Gasteiger partial charge in [-0.2, -0.15) is 8.42 Å². The Labute approximate surface area is 185 Å². The quantitative estimate of drug-likeness (QED) is 0.416.